The first kappa shape index (κ1) is 21.8. The van der Waals surface area contributed by atoms with Gasteiger partial charge in [0.25, 0.3) is 5.91 Å². The van der Waals surface area contributed by atoms with Gasteiger partial charge >= 0.3 is 0 Å². The van der Waals surface area contributed by atoms with Gasteiger partial charge in [0.2, 0.25) is 0 Å². The number of hydrogen-bond acceptors (Lipinski definition) is 4. The predicted octanol–water partition coefficient (Wildman–Crippen LogP) is 4.81. The van der Waals surface area contributed by atoms with Crippen LogP contribution in [0.2, 0.25) is 0 Å². The van der Waals surface area contributed by atoms with Crippen LogP contribution in [0.4, 0.5) is 11.4 Å². The van der Waals surface area contributed by atoms with Crippen molar-refractivity contribution in [1.82, 2.24) is 14.9 Å². The van der Waals surface area contributed by atoms with Crippen molar-refractivity contribution in [2.45, 2.75) is 13.1 Å². The number of amides is 1. The Morgan fingerprint density at radius 1 is 0.971 bits per heavy atom. The number of nitrogens with one attached hydrogen (secondary N) is 1. The van der Waals surface area contributed by atoms with Crippen molar-refractivity contribution in [3.63, 3.8) is 0 Å². The molecule has 172 valence electrons. The second-order valence-corrected chi connectivity index (χ2v) is 8.85. The van der Waals surface area contributed by atoms with E-state index in [1.165, 1.54) is 5.56 Å². The van der Waals surface area contributed by atoms with E-state index < -0.39 is 0 Å². The maximum absolute atomic E-state index is 13.7. The zero-order chi connectivity index (χ0) is 23.5. The van der Waals surface area contributed by atoms with Crippen LogP contribution in [0.3, 0.4) is 0 Å². The maximum atomic E-state index is 13.7. The Bertz CT molecular complexity index is 1270. The largest absolute Gasteiger partial charge is 0.377 e. The van der Waals surface area contributed by atoms with Crippen molar-refractivity contribution in [3.05, 3.63) is 102 Å². The topological polar surface area (TPSA) is 55.5 Å². The molecule has 3 aromatic carbocycles. The molecule has 0 unspecified atom stereocenters. The minimum Gasteiger partial charge on any atom is -0.377 e. The van der Waals surface area contributed by atoms with Crippen LogP contribution in [0.5, 0.6) is 0 Å². The fourth-order valence-corrected chi connectivity index (χ4v) is 4.61. The highest BCUT2D eigenvalue weighted by molar-refractivity contribution is 6.00. The SMILES string of the molecule is CN(C)c1ccccc1C(=O)N1CCN(Cc2cnc[nH]2)c2ccc(-c3ccccc3)cc2C1. The predicted molar refractivity (Wildman–Crippen MR) is 137 cm³/mol. The summed E-state index contributed by atoms with van der Waals surface area (Å²) in [6, 6.07) is 24.8. The Hall–Kier alpha value is -4.06. The number of anilines is 2. The molecule has 1 aromatic heterocycles. The van der Waals surface area contributed by atoms with Crippen molar-refractivity contribution >= 4 is 17.3 Å². The standard InChI is InChI=1S/C28H29N5O/c1-31(2)27-11-7-6-10-25(27)28(34)33-15-14-32(19-24-17-29-20-30-24)26-13-12-22(16-23(26)18-33)21-8-4-3-5-9-21/h3-13,16-17,20H,14-15,18-19H2,1-2H3,(H,29,30). The van der Waals surface area contributed by atoms with Crippen LogP contribution in [0.15, 0.2) is 85.3 Å². The second-order valence-electron chi connectivity index (χ2n) is 8.85. The Balaban J connectivity index is 1.52. The van der Waals surface area contributed by atoms with Gasteiger partial charge in [-0.25, -0.2) is 4.98 Å². The number of benzene rings is 3. The number of imidazole rings is 1. The molecule has 4 aromatic rings. The minimum atomic E-state index is 0.0590. The van der Waals surface area contributed by atoms with Crippen LogP contribution in [0.25, 0.3) is 11.1 Å². The van der Waals surface area contributed by atoms with Crippen molar-refractivity contribution in [3.8, 4) is 11.1 Å². The summed E-state index contributed by atoms with van der Waals surface area (Å²) >= 11 is 0. The second kappa shape index (κ2) is 9.43. The average molecular weight is 452 g/mol. The van der Waals surface area contributed by atoms with Crippen molar-refractivity contribution in [2.75, 3.05) is 37.0 Å². The Morgan fingerprint density at radius 2 is 1.76 bits per heavy atom. The summed E-state index contributed by atoms with van der Waals surface area (Å²) in [5, 5.41) is 0. The quantitative estimate of drug-likeness (QED) is 0.473. The van der Waals surface area contributed by atoms with E-state index in [4.69, 9.17) is 0 Å². The number of fused-ring (bicyclic) bond motifs is 1. The van der Waals surface area contributed by atoms with Gasteiger partial charge < -0.3 is 19.7 Å². The lowest BCUT2D eigenvalue weighted by molar-refractivity contribution is 0.0752. The molecule has 0 saturated carbocycles. The number of hydrogen-bond donors (Lipinski definition) is 1. The van der Waals surface area contributed by atoms with Gasteiger partial charge in [0.1, 0.15) is 0 Å². The summed E-state index contributed by atoms with van der Waals surface area (Å²) in [5.74, 6) is 0.0590. The van der Waals surface area contributed by atoms with Gasteiger partial charge in [-0.3, -0.25) is 4.79 Å². The Labute approximate surface area is 200 Å². The van der Waals surface area contributed by atoms with Gasteiger partial charge in [0.05, 0.1) is 24.1 Å². The number of nitrogens with zero attached hydrogens (tertiary/aromatic N) is 4. The number of aromatic nitrogens is 2. The van der Waals surface area contributed by atoms with E-state index in [1.807, 2.05) is 60.4 Å². The molecule has 34 heavy (non-hydrogen) atoms. The van der Waals surface area contributed by atoms with Gasteiger partial charge in [-0.1, -0.05) is 48.5 Å². The van der Waals surface area contributed by atoms with Crippen LogP contribution < -0.4 is 9.80 Å². The molecule has 0 saturated heterocycles. The fourth-order valence-electron chi connectivity index (χ4n) is 4.61. The number of H-pyrrole nitrogens is 1. The fraction of sp³-hybridized carbons (Fsp3) is 0.214. The summed E-state index contributed by atoms with van der Waals surface area (Å²) in [5.41, 5.74) is 7.35. The van der Waals surface area contributed by atoms with Crippen molar-refractivity contribution in [1.29, 1.82) is 0 Å². The Morgan fingerprint density at radius 3 is 2.53 bits per heavy atom. The third kappa shape index (κ3) is 4.39. The summed E-state index contributed by atoms with van der Waals surface area (Å²) < 4.78 is 0. The van der Waals surface area contributed by atoms with Crippen LogP contribution >= 0.6 is 0 Å². The Kier molecular flexibility index (Phi) is 6.04. The minimum absolute atomic E-state index is 0.0590. The van der Waals surface area contributed by atoms with Crippen molar-refractivity contribution in [2.24, 2.45) is 0 Å². The van der Waals surface area contributed by atoms with Gasteiger partial charge in [0.15, 0.2) is 0 Å². The molecule has 1 amide bonds. The zero-order valence-electron chi connectivity index (χ0n) is 19.6. The summed E-state index contributed by atoms with van der Waals surface area (Å²) in [6.07, 6.45) is 3.57. The van der Waals surface area contributed by atoms with Crippen LogP contribution in [-0.4, -0.2) is 48.0 Å². The van der Waals surface area contributed by atoms with Crippen LogP contribution in [0, 0.1) is 0 Å². The van der Waals surface area contributed by atoms with E-state index in [0.717, 1.165) is 40.3 Å². The lowest BCUT2D eigenvalue weighted by Gasteiger charge is -2.25. The smallest absolute Gasteiger partial charge is 0.256 e. The molecule has 5 rings (SSSR count). The lowest BCUT2D eigenvalue weighted by atomic mass is 10.0. The first-order valence-corrected chi connectivity index (χ1v) is 11.6. The van der Waals surface area contributed by atoms with E-state index >= 15 is 0 Å². The molecule has 1 aliphatic heterocycles. The van der Waals surface area contributed by atoms with Gasteiger partial charge in [0, 0.05) is 51.3 Å². The van der Waals surface area contributed by atoms with Gasteiger partial charge in [-0.2, -0.15) is 0 Å². The molecule has 1 aliphatic rings. The normalized spacial score (nSPS) is 13.4. The third-order valence-electron chi connectivity index (χ3n) is 6.35. The lowest BCUT2D eigenvalue weighted by Crippen LogP contribution is -2.36. The van der Waals surface area contributed by atoms with E-state index in [0.29, 0.717) is 19.6 Å². The van der Waals surface area contributed by atoms with Crippen molar-refractivity contribution < 1.29 is 4.79 Å². The first-order valence-electron chi connectivity index (χ1n) is 11.6. The van der Waals surface area contributed by atoms with Gasteiger partial charge in [-0.05, 0) is 41.0 Å². The molecule has 0 radical (unpaired) electrons. The van der Waals surface area contributed by atoms with E-state index in [-0.39, 0.29) is 5.91 Å². The van der Waals surface area contributed by atoms with E-state index in [1.54, 1.807) is 6.33 Å². The third-order valence-corrected chi connectivity index (χ3v) is 6.35. The summed E-state index contributed by atoms with van der Waals surface area (Å²) in [7, 11) is 3.95. The molecule has 0 aliphatic carbocycles. The first-order chi connectivity index (χ1) is 16.6. The number of rotatable bonds is 5. The average Bonchev–Trinajstić information content (AvgIpc) is 3.32. The molecule has 0 atom stereocenters. The molecule has 6 nitrogen and oxygen atoms in total. The molecule has 0 bridgehead atoms. The molecule has 0 spiro atoms. The zero-order valence-corrected chi connectivity index (χ0v) is 19.6. The highest BCUT2D eigenvalue weighted by atomic mass is 16.2. The maximum Gasteiger partial charge on any atom is 0.256 e. The summed E-state index contributed by atoms with van der Waals surface area (Å²) in [4.78, 5) is 27.4. The molecule has 2 heterocycles. The molecular formula is C28H29N5O. The molecule has 0 fully saturated rings. The number of aromatic amines is 1. The highest BCUT2D eigenvalue weighted by Crippen LogP contribution is 2.32. The summed E-state index contributed by atoms with van der Waals surface area (Å²) in [6.45, 7) is 2.67. The number of carbonyl (C=O) groups excluding carboxylic acids is 1. The van der Waals surface area contributed by atoms with Crippen LogP contribution in [-0.2, 0) is 13.1 Å². The van der Waals surface area contributed by atoms with Crippen LogP contribution in [0.1, 0.15) is 21.6 Å². The highest BCUT2D eigenvalue weighted by Gasteiger charge is 2.26. The van der Waals surface area contributed by atoms with E-state index in [9.17, 15) is 4.79 Å². The number of carbonyl (C=O) groups is 1. The molecular weight excluding hydrogens is 422 g/mol. The monoisotopic (exact) mass is 451 g/mol. The molecule has 6 heteroatoms. The molecule has 1 N–H and O–H groups in total. The van der Waals surface area contributed by atoms with E-state index in [2.05, 4.69) is 57.3 Å². The number of para-hydroxylation sites is 1. The van der Waals surface area contributed by atoms with Gasteiger partial charge in [-0.15, -0.1) is 0 Å².